The van der Waals surface area contributed by atoms with Gasteiger partial charge in [-0.15, -0.1) is 0 Å². The summed E-state index contributed by atoms with van der Waals surface area (Å²) in [5, 5.41) is 4.68. The molecule has 0 saturated carbocycles. The summed E-state index contributed by atoms with van der Waals surface area (Å²) >= 11 is 11.3. The summed E-state index contributed by atoms with van der Waals surface area (Å²) in [4.78, 5) is 9.62. The van der Waals surface area contributed by atoms with Gasteiger partial charge in [0, 0.05) is 45.7 Å². The summed E-state index contributed by atoms with van der Waals surface area (Å²) in [5.74, 6) is 2.69. The lowest BCUT2D eigenvalue weighted by atomic mass is 10.1. The van der Waals surface area contributed by atoms with E-state index in [2.05, 4.69) is 48.9 Å². The molecule has 1 aromatic carbocycles. The van der Waals surface area contributed by atoms with Crippen molar-refractivity contribution in [3.8, 4) is 11.5 Å². The van der Waals surface area contributed by atoms with Crippen LogP contribution in [-0.2, 0) is 19.5 Å². The Morgan fingerprint density at radius 2 is 1.94 bits per heavy atom. The van der Waals surface area contributed by atoms with E-state index in [-0.39, 0.29) is 5.11 Å². The number of hydrogen-bond acceptors (Lipinski definition) is 7. The lowest BCUT2D eigenvalue weighted by molar-refractivity contribution is 0.125. The van der Waals surface area contributed by atoms with Gasteiger partial charge in [-0.25, -0.2) is 4.98 Å². The standard InChI is InChI=1S/C24H34ClN7O2S/c1-2-3-5-22-28-23(25)19(15-27-29-24(26)35)32(22)9-4-8-30-10-12-31(13-11-30)16-18-6-7-20-21(14-18)34-17-33-20/h6-7,14-15H,2-5,8-13,16-17H2,1H3,(H3,26,29,35)/b27-15+. The molecule has 2 aliphatic rings. The van der Waals surface area contributed by atoms with Gasteiger partial charge in [0.15, 0.2) is 21.8 Å². The number of aromatic nitrogens is 2. The molecule has 35 heavy (non-hydrogen) atoms. The molecule has 3 N–H and O–H groups in total. The minimum absolute atomic E-state index is 0.118. The van der Waals surface area contributed by atoms with Crippen LogP contribution in [0.5, 0.6) is 11.5 Å². The van der Waals surface area contributed by atoms with Crippen molar-refractivity contribution in [1.82, 2.24) is 24.8 Å². The summed E-state index contributed by atoms with van der Waals surface area (Å²) in [5.41, 5.74) is 10.1. The van der Waals surface area contributed by atoms with E-state index in [1.54, 1.807) is 6.21 Å². The fraction of sp³-hybridized carbons (Fsp3) is 0.542. The highest BCUT2D eigenvalue weighted by atomic mass is 35.5. The van der Waals surface area contributed by atoms with E-state index in [9.17, 15) is 0 Å². The second-order valence-corrected chi connectivity index (χ2v) is 9.65. The molecule has 1 aromatic heterocycles. The van der Waals surface area contributed by atoms with Gasteiger partial charge in [-0.2, -0.15) is 5.10 Å². The summed E-state index contributed by atoms with van der Waals surface area (Å²) in [6.07, 6.45) is 5.73. The predicted octanol–water partition coefficient (Wildman–Crippen LogP) is 2.98. The number of nitrogens with one attached hydrogen (secondary N) is 1. The molecule has 11 heteroatoms. The number of halogens is 1. The Balaban J connectivity index is 1.27. The van der Waals surface area contributed by atoms with E-state index < -0.39 is 0 Å². The van der Waals surface area contributed by atoms with Crippen molar-refractivity contribution < 1.29 is 9.47 Å². The molecule has 0 aliphatic carbocycles. The highest BCUT2D eigenvalue weighted by Gasteiger charge is 2.20. The molecule has 0 unspecified atom stereocenters. The van der Waals surface area contributed by atoms with Gasteiger partial charge in [-0.1, -0.05) is 31.0 Å². The first kappa shape index (κ1) is 25.7. The molecule has 0 radical (unpaired) electrons. The third kappa shape index (κ3) is 7.07. The number of fused-ring (bicyclic) bond motifs is 1. The lowest BCUT2D eigenvalue weighted by Gasteiger charge is -2.34. The van der Waals surface area contributed by atoms with Crippen LogP contribution >= 0.6 is 23.8 Å². The molecular formula is C24H34ClN7O2S. The number of thiocarbonyl (C=S) groups is 1. The molecule has 2 aromatic rings. The van der Waals surface area contributed by atoms with Gasteiger partial charge >= 0.3 is 0 Å². The SMILES string of the molecule is CCCCc1nc(Cl)c(/C=N/NC(N)=S)n1CCCN1CCN(Cc2ccc3c(c2)OCO3)CC1. The van der Waals surface area contributed by atoms with Crippen molar-refractivity contribution in [2.45, 2.75) is 45.7 Å². The molecule has 3 heterocycles. The quantitative estimate of drug-likeness (QED) is 0.266. The molecule has 0 bridgehead atoms. The molecule has 1 saturated heterocycles. The van der Waals surface area contributed by atoms with Gasteiger partial charge in [0.2, 0.25) is 6.79 Å². The van der Waals surface area contributed by atoms with E-state index in [0.29, 0.717) is 11.9 Å². The van der Waals surface area contributed by atoms with E-state index >= 15 is 0 Å². The first-order chi connectivity index (χ1) is 17.0. The van der Waals surface area contributed by atoms with Crippen LogP contribution in [0.1, 0.15) is 43.3 Å². The third-order valence-corrected chi connectivity index (χ3v) is 6.69. The van der Waals surface area contributed by atoms with Crippen molar-refractivity contribution in [1.29, 1.82) is 0 Å². The first-order valence-electron chi connectivity index (χ1n) is 12.2. The monoisotopic (exact) mass is 519 g/mol. The topological polar surface area (TPSA) is 93.2 Å². The van der Waals surface area contributed by atoms with Gasteiger partial charge in [-0.05, 0) is 49.3 Å². The number of nitrogens with zero attached hydrogens (tertiary/aromatic N) is 5. The van der Waals surface area contributed by atoms with Gasteiger partial charge in [-0.3, -0.25) is 10.3 Å². The number of ether oxygens (including phenoxy) is 2. The smallest absolute Gasteiger partial charge is 0.231 e. The average Bonchev–Trinajstić information content (AvgIpc) is 3.43. The number of piperazine rings is 1. The summed E-state index contributed by atoms with van der Waals surface area (Å²) in [6.45, 7) is 9.51. The molecule has 190 valence electrons. The predicted molar refractivity (Wildman–Crippen MR) is 142 cm³/mol. The molecule has 0 atom stereocenters. The van der Waals surface area contributed by atoms with Crippen molar-refractivity contribution in [3.63, 3.8) is 0 Å². The number of hydrazone groups is 1. The van der Waals surface area contributed by atoms with E-state index in [0.717, 1.165) is 94.5 Å². The Labute approximate surface area is 217 Å². The van der Waals surface area contributed by atoms with Crippen LogP contribution in [0.15, 0.2) is 23.3 Å². The zero-order valence-corrected chi connectivity index (χ0v) is 21.8. The van der Waals surface area contributed by atoms with Crippen LogP contribution in [0.3, 0.4) is 0 Å². The van der Waals surface area contributed by atoms with E-state index in [4.69, 9.17) is 39.0 Å². The number of nitrogens with two attached hydrogens (primary N) is 1. The van der Waals surface area contributed by atoms with E-state index in [1.807, 2.05) is 6.07 Å². The zero-order chi connectivity index (χ0) is 24.6. The average molecular weight is 520 g/mol. The number of imidazole rings is 1. The molecule has 1 fully saturated rings. The van der Waals surface area contributed by atoms with Gasteiger partial charge in [0.05, 0.1) is 6.21 Å². The van der Waals surface area contributed by atoms with Crippen LogP contribution in [0.2, 0.25) is 5.15 Å². The maximum Gasteiger partial charge on any atom is 0.231 e. The number of unbranched alkanes of at least 4 members (excludes halogenated alkanes) is 1. The van der Waals surface area contributed by atoms with Crippen molar-refractivity contribution in [2.75, 3.05) is 39.5 Å². The highest BCUT2D eigenvalue weighted by molar-refractivity contribution is 7.80. The first-order valence-corrected chi connectivity index (χ1v) is 13.0. The van der Waals surface area contributed by atoms with E-state index in [1.165, 1.54) is 5.56 Å². The molecule has 4 rings (SSSR count). The maximum atomic E-state index is 6.44. The van der Waals surface area contributed by atoms with Crippen LogP contribution in [0, 0.1) is 0 Å². The summed E-state index contributed by atoms with van der Waals surface area (Å²) in [7, 11) is 0. The van der Waals surface area contributed by atoms with Gasteiger partial charge in [0.1, 0.15) is 11.5 Å². The number of rotatable bonds is 11. The number of aryl methyl sites for hydroxylation is 1. The second-order valence-electron chi connectivity index (χ2n) is 8.85. The second kappa shape index (κ2) is 12.5. The number of hydrogen-bond donors (Lipinski definition) is 2. The normalized spacial score (nSPS) is 16.3. The Morgan fingerprint density at radius 3 is 2.71 bits per heavy atom. The fourth-order valence-electron chi connectivity index (χ4n) is 4.46. The fourth-order valence-corrected chi connectivity index (χ4v) is 4.76. The Bertz CT molecular complexity index is 1040. The third-order valence-electron chi connectivity index (χ3n) is 6.32. The lowest BCUT2D eigenvalue weighted by Crippen LogP contribution is -2.46. The molecule has 0 spiro atoms. The highest BCUT2D eigenvalue weighted by Crippen LogP contribution is 2.32. The molecular weight excluding hydrogens is 486 g/mol. The Kier molecular flexibility index (Phi) is 9.19. The minimum atomic E-state index is 0.118. The number of benzene rings is 1. The molecule has 2 aliphatic heterocycles. The van der Waals surface area contributed by atoms with Crippen LogP contribution in [-0.4, -0.2) is 70.2 Å². The maximum absolute atomic E-state index is 6.44. The van der Waals surface area contributed by atoms with Crippen molar-refractivity contribution in [3.05, 3.63) is 40.4 Å². The zero-order valence-electron chi connectivity index (χ0n) is 20.2. The largest absolute Gasteiger partial charge is 0.454 e. The minimum Gasteiger partial charge on any atom is -0.454 e. The molecule has 0 amide bonds. The van der Waals surface area contributed by atoms with Gasteiger partial charge in [0.25, 0.3) is 0 Å². The van der Waals surface area contributed by atoms with Crippen molar-refractivity contribution >= 4 is 35.1 Å². The summed E-state index contributed by atoms with van der Waals surface area (Å²) < 4.78 is 13.1. The Hall–Kier alpha value is -2.40. The summed E-state index contributed by atoms with van der Waals surface area (Å²) in [6, 6.07) is 6.23. The van der Waals surface area contributed by atoms with Gasteiger partial charge < -0.3 is 24.7 Å². The van der Waals surface area contributed by atoms with Crippen LogP contribution < -0.4 is 20.6 Å². The Morgan fingerprint density at radius 1 is 1.17 bits per heavy atom. The van der Waals surface area contributed by atoms with Crippen LogP contribution in [0.25, 0.3) is 0 Å². The van der Waals surface area contributed by atoms with Crippen molar-refractivity contribution in [2.24, 2.45) is 10.8 Å². The van der Waals surface area contributed by atoms with Crippen LogP contribution in [0.4, 0.5) is 0 Å². The molecule has 9 nitrogen and oxygen atoms in total.